The van der Waals surface area contributed by atoms with Gasteiger partial charge in [-0.15, -0.1) is 0 Å². The van der Waals surface area contributed by atoms with Crippen molar-refractivity contribution in [3.05, 3.63) is 101 Å². The van der Waals surface area contributed by atoms with Gasteiger partial charge in [0.25, 0.3) is 0 Å². The van der Waals surface area contributed by atoms with Gasteiger partial charge in [0, 0.05) is 54.8 Å². The van der Waals surface area contributed by atoms with E-state index in [1.54, 1.807) is 6.33 Å². The number of fused-ring (bicyclic) bond motifs is 1. The number of para-hydroxylation sites is 1. The minimum atomic E-state index is -0.595. The summed E-state index contributed by atoms with van der Waals surface area (Å²) in [6, 6.07) is 24.2. The third-order valence-corrected chi connectivity index (χ3v) is 8.40. The number of aromatic nitrogens is 4. The molecule has 0 bridgehead atoms. The molecule has 1 aliphatic rings. The number of benzene rings is 3. The van der Waals surface area contributed by atoms with Gasteiger partial charge in [0.2, 0.25) is 0 Å². The summed E-state index contributed by atoms with van der Waals surface area (Å²) in [4.78, 5) is 21.1. The first kappa shape index (κ1) is 28.2. The van der Waals surface area contributed by atoms with E-state index in [2.05, 4.69) is 51.7 Å². The van der Waals surface area contributed by atoms with Crippen LogP contribution in [-0.2, 0) is 0 Å². The summed E-state index contributed by atoms with van der Waals surface area (Å²) in [5.41, 5.74) is 7.23. The van der Waals surface area contributed by atoms with Crippen molar-refractivity contribution in [2.45, 2.75) is 26.9 Å². The van der Waals surface area contributed by atoms with E-state index in [1.807, 2.05) is 66.1 Å². The maximum absolute atomic E-state index is 11.4. The lowest BCUT2D eigenvalue weighted by Gasteiger charge is -2.38. The summed E-state index contributed by atoms with van der Waals surface area (Å²) in [6.07, 6.45) is 0.974. The SMILES string of the molecule is Cc1cccc(N2CCN(CC(O)CN(c3ccccc3)c3ncnc4c3nc(C)n4-c3ccc(Cl)cc3)CC2)c1C. The maximum atomic E-state index is 11.4. The highest BCUT2D eigenvalue weighted by Crippen LogP contribution is 2.31. The van der Waals surface area contributed by atoms with Crippen molar-refractivity contribution in [2.24, 2.45) is 0 Å². The summed E-state index contributed by atoms with van der Waals surface area (Å²) >= 11 is 6.14. The number of aliphatic hydroxyl groups is 1. The van der Waals surface area contributed by atoms with Gasteiger partial charge in [-0.3, -0.25) is 9.47 Å². The molecule has 6 rings (SSSR count). The van der Waals surface area contributed by atoms with Crippen LogP contribution in [0.4, 0.5) is 17.2 Å². The van der Waals surface area contributed by atoms with Crippen molar-refractivity contribution >= 4 is 40.0 Å². The molecule has 3 heterocycles. The smallest absolute Gasteiger partial charge is 0.170 e. The molecule has 0 radical (unpaired) electrons. The molecule has 2 aromatic heterocycles. The maximum Gasteiger partial charge on any atom is 0.170 e. The quantitative estimate of drug-likeness (QED) is 0.251. The summed E-state index contributed by atoms with van der Waals surface area (Å²) in [5, 5.41) is 12.1. The molecule has 1 N–H and O–H groups in total. The molecule has 216 valence electrons. The number of aryl methyl sites for hydroxylation is 2. The van der Waals surface area contributed by atoms with Crippen molar-refractivity contribution in [3.8, 4) is 5.69 Å². The predicted molar refractivity (Wildman–Crippen MR) is 170 cm³/mol. The Morgan fingerprint density at radius 2 is 1.62 bits per heavy atom. The minimum absolute atomic E-state index is 0.375. The zero-order chi connectivity index (χ0) is 29.2. The van der Waals surface area contributed by atoms with E-state index in [0.29, 0.717) is 35.1 Å². The Bertz CT molecular complexity index is 1660. The lowest BCUT2D eigenvalue weighted by Crippen LogP contribution is -2.50. The number of aliphatic hydroxyl groups excluding tert-OH is 1. The number of hydrogen-bond acceptors (Lipinski definition) is 7. The van der Waals surface area contributed by atoms with Gasteiger partial charge in [-0.05, 0) is 74.4 Å². The number of imidazole rings is 1. The van der Waals surface area contributed by atoms with Gasteiger partial charge in [-0.25, -0.2) is 15.0 Å². The molecular formula is C33H36ClN7O. The third-order valence-electron chi connectivity index (χ3n) is 8.15. The van der Waals surface area contributed by atoms with Crippen LogP contribution >= 0.6 is 11.6 Å². The fraction of sp³-hybridized carbons (Fsp3) is 0.303. The third kappa shape index (κ3) is 5.70. The predicted octanol–water partition coefficient (Wildman–Crippen LogP) is 5.72. The van der Waals surface area contributed by atoms with Gasteiger partial charge in [0.05, 0.1) is 12.6 Å². The topological polar surface area (TPSA) is 73.6 Å². The van der Waals surface area contributed by atoms with Crippen LogP contribution in [0, 0.1) is 20.8 Å². The molecule has 9 heteroatoms. The molecule has 0 spiro atoms. The Labute approximate surface area is 251 Å². The number of halogens is 1. The first-order valence-electron chi connectivity index (χ1n) is 14.4. The summed E-state index contributed by atoms with van der Waals surface area (Å²) in [7, 11) is 0. The highest BCUT2D eigenvalue weighted by atomic mass is 35.5. The van der Waals surface area contributed by atoms with Gasteiger partial charge in [0.1, 0.15) is 12.2 Å². The molecule has 1 unspecified atom stereocenters. The number of rotatable bonds is 8. The zero-order valence-corrected chi connectivity index (χ0v) is 25.0. The number of piperazine rings is 1. The number of nitrogens with zero attached hydrogens (tertiary/aromatic N) is 7. The first-order valence-corrected chi connectivity index (χ1v) is 14.8. The molecule has 3 aromatic carbocycles. The Morgan fingerprint density at radius 1 is 0.881 bits per heavy atom. The van der Waals surface area contributed by atoms with E-state index in [9.17, 15) is 5.11 Å². The standard InChI is InChI=1S/C33H36ClN7O/c1-23-8-7-11-30(24(23)2)39-18-16-38(17-19-39)20-29(42)21-40(27-9-5-4-6-10-27)32-31-33(36-22-35-32)41(25(3)37-31)28-14-12-26(34)13-15-28/h4-15,22,29,42H,16-21H2,1-3H3. The van der Waals surface area contributed by atoms with E-state index in [4.69, 9.17) is 21.6 Å². The molecule has 1 atom stereocenters. The van der Waals surface area contributed by atoms with Gasteiger partial charge in [0.15, 0.2) is 17.0 Å². The monoisotopic (exact) mass is 581 g/mol. The number of anilines is 3. The largest absolute Gasteiger partial charge is 0.390 e. The van der Waals surface area contributed by atoms with Gasteiger partial charge < -0.3 is 14.9 Å². The number of hydrogen-bond donors (Lipinski definition) is 1. The molecule has 0 aliphatic carbocycles. The second-order valence-corrected chi connectivity index (χ2v) is 11.4. The summed E-state index contributed by atoms with van der Waals surface area (Å²) in [6.45, 7) is 11.0. The first-order chi connectivity index (χ1) is 20.4. The molecule has 1 fully saturated rings. The lowest BCUT2D eigenvalue weighted by atomic mass is 10.1. The van der Waals surface area contributed by atoms with Gasteiger partial charge in [-0.2, -0.15) is 0 Å². The van der Waals surface area contributed by atoms with E-state index in [0.717, 1.165) is 43.4 Å². The highest BCUT2D eigenvalue weighted by molar-refractivity contribution is 6.30. The zero-order valence-electron chi connectivity index (χ0n) is 24.3. The fourth-order valence-corrected chi connectivity index (χ4v) is 5.95. The van der Waals surface area contributed by atoms with E-state index in [-0.39, 0.29) is 0 Å². The van der Waals surface area contributed by atoms with Crippen LogP contribution in [0.15, 0.2) is 79.1 Å². The normalized spacial score (nSPS) is 14.8. The van der Waals surface area contributed by atoms with Crippen molar-refractivity contribution < 1.29 is 5.11 Å². The lowest BCUT2D eigenvalue weighted by molar-refractivity contribution is 0.115. The highest BCUT2D eigenvalue weighted by Gasteiger charge is 2.25. The van der Waals surface area contributed by atoms with Crippen LogP contribution in [0.5, 0.6) is 0 Å². The van der Waals surface area contributed by atoms with Gasteiger partial charge in [-0.1, -0.05) is 41.9 Å². The van der Waals surface area contributed by atoms with Crippen molar-refractivity contribution in [2.75, 3.05) is 49.1 Å². The molecule has 42 heavy (non-hydrogen) atoms. The van der Waals surface area contributed by atoms with Gasteiger partial charge >= 0.3 is 0 Å². The molecule has 0 amide bonds. The summed E-state index contributed by atoms with van der Waals surface area (Å²) in [5.74, 6) is 1.46. The van der Waals surface area contributed by atoms with Crippen LogP contribution in [0.2, 0.25) is 5.02 Å². The van der Waals surface area contributed by atoms with E-state index < -0.39 is 6.10 Å². The van der Waals surface area contributed by atoms with Crippen LogP contribution in [0.25, 0.3) is 16.9 Å². The van der Waals surface area contributed by atoms with Crippen LogP contribution in [0.3, 0.4) is 0 Å². The molecular weight excluding hydrogens is 546 g/mol. The van der Waals surface area contributed by atoms with Crippen molar-refractivity contribution in [3.63, 3.8) is 0 Å². The fourth-order valence-electron chi connectivity index (χ4n) is 5.82. The molecule has 5 aromatic rings. The second-order valence-electron chi connectivity index (χ2n) is 10.9. The summed E-state index contributed by atoms with van der Waals surface area (Å²) < 4.78 is 2.01. The minimum Gasteiger partial charge on any atom is -0.390 e. The van der Waals surface area contributed by atoms with E-state index >= 15 is 0 Å². The van der Waals surface area contributed by atoms with E-state index in [1.165, 1.54) is 16.8 Å². The van der Waals surface area contributed by atoms with Crippen molar-refractivity contribution in [1.29, 1.82) is 0 Å². The average Bonchev–Trinajstić information content (AvgIpc) is 3.34. The molecule has 1 aliphatic heterocycles. The second kappa shape index (κ2) is 12.1. The average molecular weight is 582 g/mol. The molecule has 1 saturated heterocycles. The van der Waals surface area contributed by atoms with Crippen LogP contribution < -0.4 is 9.80 Å². The Kier molecular flexibility index (Phi) is 8.11. The molecule has 8 nitrogen and oxygen atoms in total. The Balaban J connectivity index is 1.23. The Hall–Kier alpha value is -3.98. The molecule has 0 saturated carbocycles. The Morgan fingerprint density at radius 3 is 2.36 bits per heavy atom. The number of β-amino-alcohol motifs (C(OH)–C–C–N with tert-alkyl or cyclic N) is 1. The van der Waals surface area contributed by atoms with Crippen molar-refractivity contribution in [1.82, 2.24) is 24.4 Å². The van der Waals surface area contributed by atoms with Crippen LogP contribution in [-0.4, -0.2) is 74.9 Å². The van der Waals surface area contributed by atoms with Crippen LogP contribution in [0.1, 0.15) is 17.0 Å².